The summed E-state index contributed by atoms with van der Waals surface area (Å²) in [7, 11) is -2.03. The molecule has 0 saturated carbocycles. The molecule has 0 bridgehead atoms. The molecule has 0 spiro atoms. The fraction of sp³-hybridized carbons (Fsp3) is 0.452. The van der Waals surface area contributed by atoms with Gasteiger partial charge in [0.2, 0.25) is 0 Å². The van der Waals surface area contributed by atoms with Gasteiger partial charge in [0, 0.05) is 12.1 Å². The molecule has 2 unspecified atom stereocenters. The minimum absolute atomic E-state index is 0.150. The smallest absolute Gasteiger partial charge is 0.161 e. The van der Waals surface area contributed by atoms with Gasteiger partial charge in [0.05, 0.1) is 6.10 Å². The van der Waals surface area contributed by atoms with E-state index in [1.807, 2.05) is 0 Å². The molecule has 1 saturated heterocycles. The van der Waals surface area contributed by atoms with E-state index in [1.54, 1.807) is 27.8 Å². The molecule has 0 amide bonds. The number of ether oxygens (including phenoxy) is 1. The van der Waals surface area contributed by atoms with Gasteiger partial charge in [-0.2, -0.15) is 11.1 Å². The van der Waals surface area contributed by atoms with E-state index in [0.717, 1.165) is 25.9 Å². The molecular formula is C73H91ClOSi. The van der Waals surface area contributed by atoms with Gasteiger partial charge in [-0.3, -0.25) is 0 Å². The summed E-state index contributed by atoms with van der Waals surface area (Å²) in [5, 5.41) is 0. The third-order valence-electron chi connectivity index (χ3n) is 17.3. The summed E-state index contributed by atoms with van der Waals surface area (Å²) in [5.74, 6) is 0. The number of fused-ring (bicyclic) bond motifs is 4. The second-order valence-electron chi connectivity index (χ2n) is 28.0. The van der Waals surface area contributed by atoms with Crippen LogP contribution in [0, 0.1) is 0 Å². The largest absolute Gasteiger partial charge is 0.379 e. The molecule has 5 aliphatic rings. The highest BCUT2D eigenvalue weighted by Crippen LogP contribution is 2.55. The molecule has 1 aliphatic heterocycles. The van der Waals surface area contributed by atoms with Crippen LogP contribution in [0.25, 0.3) is 56.7 Å². The van der Waals surface area contributed by atoms with Crippen LogP contribution in [0.3, 0.4) is 0 Å². The van der Waals surface area contributed by atoms with E-state index in [2.05, 4.69) is 226 Å². The third-order valence-corrected chi connectivity index (χ3v) is 20.1. The second kappa shape index (κ2) is 21.1. The zero-order chi connectivity index (χ0) is 54.9. The summed E-state index contributed by atoms with van der Waals surface area (Å²) in [6.45, 7) is 39.9. The maximum Gasteiger partial charge on any atom is 0.161 e. The van der Waals surface area contributed by atoms with Crippen molar-refractivity contribution in [1.29, 1.82) is 0 Å². The van der Waals surface area contributed by atoms with Gasteiger partial charge >= 0.3 is 0 Å². The molecule has 76 heavy (non-hydrogen) atoms. The maximum atomic E-state index is 7.32. The van der Waals surface area contributed by atoms with Gasteiger partial charge in [0.1, 0.15) is 0 Å². The Kier molecular flexibility index (Phi) is 15.6. The van der Waals surface area contributed by atoms with Crippen molar-refractivity contribution >= 4 is 30.6 Å². The van der Waals surface area contributed by atoms with E-state index in [1.165, 1.54) is 133 Å². The lowest BCUT2D eigenvalue weighted by atomic mass is 9.81. The van der Waals surface area contributed by atoms with Crippen molar-refractivity contribution in [3.05, 3.63) is 175 Å². The van der Waals surface area contributed by atoms with Crippen molar-refractivity contribution in [2.75, 3.05) is 6.61 Å². The topological polar surface area (TPSA) is 9.23 Å². The fourth-order valence-electron chi connectivity index (χ4n) is 13.2. The molecule has 2 atom stereocenters. The van der Waals surface area contributed by atoms with Gasteiger partial charge in [0.15, 0.2) is 7.38 Å². The van der Waals surface area contributed by atoms with Crippen LogP contribution in [0.15, 0.2) is 108 Å². The minimum atomic E-state index is -2.03. The van der Waals surface area contributed by atoms with E-state index in [-0.39, 0.29) is 21.7 Å². The highest BCUT2D eigenvalue weighted by molar-refractivity contribution is 7.20. The molecular weight excluding hydrogens is 956 g/mol. The van der Waals surface area contributed by atoms with Gasteiger partial charge in [-0.1, -0.05) is 217 Å². The average Bonchev–Trinajstić information content (AvgIpc) is 4.22. The van der Waals surface area contributed by atoms with Crippen molar-refractivity contribution in [2.24, 2.45) is 0 Å². The van der Waals surface area contributed by atoms with Crippen molar-refractivity contribution < 1.29 is 4.74 Å². The monoisotopic (exact) mass is 1050 g/mol. The summed E-state index contributed by atoms with van der Waals surface area (Å²) in [6, 6.07) is 37.7. The SMILES string of the molecule is CC1=Cc2c(-c3ccc(C(C)(C)C)cc3)c3c(c(-c4ccc(C(C)(C)C)cc4)c2C1[Si](C)(C)Cl)CCC3.CC1=Cc2c(c(-c3ccc(C(C)(C)C)cc3)c3c(c2-c2ccc(C(C)(C)C)cc2)CCC3)C1.CC1CCCO1. The van der Waals surface area contributed by atoms with Crippen LogP contribution in [0.4, 0.5) is 0 Å². The summed E-state index contributed by atoms with van der Waals surface area (Å²) < 4.78 is 5.15. The van der Waals surface area contributed by atoms with Crippen LogP contribution >= 0.6 is 11.1 Å². The molecule has 6 aromatic rings. The van der Waals surface area contributed by atoms with Gasteiger partial charge in [-0.25, -0.2) is 0 Å². The predicted octanol–water partition coefficient (Wildman–Crippen LogP) is 20.8. The maximum absolute atomic E-state index is 7.32. The molecule has 0 radical (unpaired) electrons. The third kappa shape index (κ3) is 11.4. The summed E-state index contributed by atoms with van der Waals surface area (Å²) >= 11 is 7.32. The zero-order valence-electron chi connectivity index (χ0n) is 49.9. The normalized spacial score (nSPS) is 18.0. The molecule has 3 heteroatoms. The summed E-state index contributed by atoms with van der Waals surface area (Å²) in [6.07, 6.45) is 16.3. The average molecular weight is 1050 g/mol. The molecule has 6 aromatic carbocycles. The lowest BCUT2D eigenvalue weighted by Gasteiger charge is -2.30. The van der Waals surface area contributed by atoms with Gasteiger partial charge in [-0.15, -0.1) is 0 Å². The number of allylic oxidation sites excluding steroid dienone is 2. The van der Waals surface area contributed by atoms with Gasteiger partial charge in [-0.05, 0) is 211 Å². The van der Waals surface area contributed by atoms with Crippen LogP contribution < -0.4 is 0 Å². The van der Waals surface area contributed by atoms with E-state index in [9.17, 15) is 0 Å². The summed E-state index contributed by atoms with van der Waals surface area (Å²) in [5.41, 5.74) is 33.3. The number of hydrogen-bond acceptors (Lipinski definition) is 1. The van der Waals surface area contributed by atoms with Crippen LogP contribution in [0.2, 0.25) is 13.1 Å². The van der Waals surface area contributed by atoms with Crippen LogP contribution in [0.1, 0.15) is 202 Å². The van der Waals surface area contributed by atoms with E-state index >= 15 is 0 Å². The highest BCUT2D eigenvalue weighted by atomic mass is 35.6. The van der Waals surface area contributed by atoms with E-state index in [0.29, 0.717) is 11.6 Å². The first-order valence-corrected chi connectivity index (χ1v) is 33.2. The second-order valence-corrected chi connectivity index (χ2v) is 34.7. The first-order valence-electron chi connectivity index (χ1n) is 29.1. The van der Waals surface area contributed by atoms with E-state index in [4.69, 9.17) is 15.8 Å². The Balaban J connectivity index is 0.000000168. The molecule has 400 valence electrons. The van der Waals surface area contributed by atoms with Gasteiger partial charge < -0.3 is 4.74 Å². The van der Waals surface area contributed by atoms with Gasteiger partial charge in [0.25, 0.3) is 0 Å². The quantitative estimate of drug-likeness (QED) is 0.124. The standard InChI is InChI=1S/C35H43ClSi.C33H38.C5H10O/c1-22-21-29-30(23-13-17-25(18-14-23)34(2,3)4)27-11-10-12-28(27)31(32(29)33(22)37(8,9)36)24-15-19-26(20-16-24)35(5,6)7;1-21-19-28-29(20-21)31(23-13-17-25(18-14-23)33(5,6)7)27-10-8-9-26(27)30(28)22-11-15-24(16-12-22)32(2,3)4;1-5-3-2-4-6-5/h13-21,33H,10-12H2,1-9H3;11-19H,8-10,20H2,1-7H3;5H,2-4H2,1H3. The van der Waals surface area contributed by atoms with Crippen molar-refractivity contribution in [3.8, 4) is 44.5 Å². The lowest BCUT2D eigenvalue weighted by Crippen LogP contribution is -2.29. The Morgan fingerprint density at radius 1 is 0.447 bits per heavy atom. The minimum Gasteiger partial charge on any atom is -0.379 e. The molecule has 0 aromatic heterocycles. The zero-order valence-corrected chi connectivity index (χ0v) is 51.7. The number of rotatable bonds is 5. The lowest BCUT2D eigenvalue weighted by molar-refractivity contribution is 0.125. The fourth-order valence-corrected chi connectivity index (χ4v) is 16.2. The molecule has 1 nitrogen and oxygen atoms in total. The van der Waals surface area contributed by atoms with Crippen LogP contribution in [-0.2, 0) is 58.5 Å². The van der Waals surface area contributed by atoms with Crippen molar-refractivity contribution in [3.63, 3.8) is 0 Å². The number of hydrogen-bond donors (Lipinski definition) is 0. The Hall–Kier alpha value is -4.73. The molecule has 1 fully saturated rings. The molecule has 11 rings (SSSR count). The Bertz CT molecular complexity index is 3160. The van der Waals surface area contributed by atoms with E-state index < -0.39 is 7.38 Å². The first kappa shape index (κ1) is 56.0. The van der Waals surface area contributed by atoms with Crippen LogP contribution in [0.5, 0.6) is 0 Å². The summed E-state index contributed by atoms with van der Waals surface area (Å²) in [4.78, 5) is 0. The van der Waals surface area contributed by atoms with Crippen molar-refractivity contribution in [1.82, 2.24) is 0 Å². The molecule has 4 aliphatic carbocycles. The predicted molar refractivity (Wildman–Crippen MR) is 335 cm³/mol. The Morgan fingerprint density at radius 2 is 0.803 bits per heavy atom. The van der Waals surface area contributed by atoms with Crippen LogP contribution in [-0.4, -0.2) is 20.1 Å². The Morgan fingerprint density at radius 3 is 1.14 bits per heavy atom. The molecule has 0 N–H and O–H groups in total. The highest BCUT2D eigenvalue weighted by Gasteiger charge is 2.42. The molecule has 1 heterocycles. The van der Waals surface area contributed by atoms with Crippen molar-refractivity contribution in [2.45, 2.75) is 208 Å². The number of halogens is 1. The number of benzene rings is 6. The Labute approximate surface area is 466 Å². The first-order chi connectivity index (χ1) is 35.6.